The van der Waals surface area contributed by atoms with Crippen LogP contribution in [-0.2, 0) is 16.1 Å². The number of carbonyl (C=O) groups is 2. The molecule has 2 aromatic rings. The molecule has 0 bridgehead atoms. The van der Waals surface area contributed by atoms with E-state index in [9.17, 15) is 14.0 Å². The molecule has 2 rings (SSSR count). The Bertz CT molecular complexity index is 711. The van der Waals surface area contributed by atoms with E-state index in [2.05, 4.69) is 5.32 Å². The quantitative estimate of drug-likeness (QED) is 0.783. The summed E-state index contributed by atoms with van der Waals surface area (Å²) in [7, 11) is 0. The molecular formula is C19H20FNO4. The van der Waals surface area contributed by atoms with Gasteiger partial charge in [0, 0.05) is 5.56 Å². The van der Waals surface area contributed by atoms with Crippen molar-refractivity contribution in [2.45, 2.75) is 26.6 Å². The molecule has 0 radical (unpaired) electrons. The number of hydrogen-bond donors (Lipinski definition) is 1. The molecule has 1 amide bonds. The van der Waals surface area contributed by atoms with Crippen molar-refractivity contribution < 1.29 is 23.5 Å². The Morgan fingerprint density at radius 2 is 1.68 bits per heavy atom. The summed E-state index contributed by atoms with van der Waals surface area (Å²) in [4.78, 5) is 23.7. The van der Waals surface area contributed by atoms with Crippen LogP contribution in [0.3, 0.4) is 0 Å². The topological polar surface area (TPSA) is 64.6 Å². The van der Waals surface area contributed by atoms with Crippen LogP contribution in [0.4, 0.5) is 4.39 Å². The number of hydrogen-bond acceptors (Lipinski definition) is 4. The third kappa shape index (κ3) is 6.25. The summed E-state index contributed by atoms with van der Waals surface area (Å²) in [5, 5.41) is 2.49. The van der Waals surface area contributed by atoms with Crippen molar-refractivity contribution in [2.75, 3.05) is 6.54 Å². The van der Waals surface area contributed by atoms with Gasteiger partial charge in [0.05, 0.1) is 6.10 Å². The van der Waals surface area contributed by atoms with E-state index in [-0.39, 0.29) is 31.0 Å². The average Bonchev–Trinajstić information content (AvgIpc) is 2.59. The minimum atomic E-state index is -0.572. The van der Waals surface area contributed by atoms with Gasteiger partial charge >= 0.3 is 5.97 Å². The monoisotopic (exact) mass is 345 g/mol. The molecule has 0 saturated heterocycles. The van der Waals surface area contributed by atoms with Crippen molar-refractivity contribution in [1.82, 2.24) is 5.32 Å². The Morgan fingerprint density at radius 3 is 2.28 bits per heavy atom. The van der Waals surface area contributed by atoms with E-state index in [1.807, 2.05) is 13.8 Å². The standard InChI is InChI=1S/C19H20FNO4/c1-13(2)25-17-9-5-15(6-10-17)19(23)21-11-18(22)24-12-14-3-7-16(20)8-4-14/h3-10,13H,11-12H2,1-2H3,(H,21,23). The minimum Gasteiger partial charge on any atom is -0.491 e. The van der Waals surface area contributed by atoms with E-state index < -0.39 is 5.97 Å². The Morgan fingerprint density at radius 1 is 1.04 bits per heavy atom. The van der Waals surface area contributed by atoms with Gasteiger partial charge in [-0.25, -0.2) is 4.39 Å². The molecule has 132 valence electrons. The number of halogens is 1. The Kier molecular flexibility index (Phi) is 6.51. The predicted octanol–water partition coefficient (Wildman–Crippen LogP) is 3.09. The van der Waals surface area contributed by atoms with E-state index in [0.29, 0.717) is 16.9 Å². The maximum atomic E-state index is 12.8. The van der Waals surface area contributed by atoms with Crippen LogP contribution < -0.4 is 10.1 Å². The normalized spacial score (nSPS) is 10.4. The minimum absolute atomic E-state index is 0.0240. The average molecular weight is 345 g/mol. The highest BCUT2D eigenvalue weighted by Gasteiger charge is 2.09. The fourth-order valence-electron chi connectivity index (χ4n) is 2.01. The van der Waals surface area contributed by atoms with Gasteiger partial charge in [-0.1, -0.05) is 12.1 Å². The summed E-state index contributed by atoms with van der Waals surface area (Å²) in [6.45, 7) is 3.61. The van der Waals surface area contributed by atoms with Crippen LogP contribution in [-0.4, -0.2) is 24.5 Å². The lowest BCUT2D eigenvalue weighted by molar-refractivity contribution is -0.143. The van der Waals surface area contributed by atoms with Crippen LogP contribution in [0.25, 0.3) is 0 Å². The second-order valence-electron chi connectivity index (χ2n) is 5.66. The second kappa shape index (κ2) is 8.82. The van der Waals surface area contributed by atoms with Crippen molar-refractivity contribution in [3.05, 3.63) is 65.5 Å². The van der Waals surface area contributed by atoms with Crippen molar-refractivity contribution in [1.29, 1.82) is 0 Å². The smallest absolute Gasteiger partial charge is 0.325 e. The molecule has 0 spiro atoms. The molecule has 0 aliphatic carbocycles. The number of amides is 1. The van der Waals surface area contributed by atoms with Gasteiger partial charge in [-0.15, -0.1) is 0 Å². The fourth-order valence-corrected chi connectivity index (χ4v) is 2.01. The SMILES string of the molecule is CC(C)Oc1ccc(C(=O)NCC(=O)OCc2ccc(F)cc2)cc1. The molecule has 0 aliphatic rings. The lowest BCUT2D eigenvalue weighted by Crippen LogP contribution is -2.30. The van der Waals surface area contributed by atoms with Crippen LogP contribution in [0.2, 0.25) is 0 Å². The van der Waals surface area contributed by atoms with Crippen molar-refractivity contribution >= 4 is 11.9 Å². The maximum Gasteiger partial charge on any atom is 0.325 e. The fraction of sp³-hybridized carbons (Fsp3) is 0.263. The zero-order chi connectivity index (χ0) is 18.2. The first-order valence-corrected chi connectivity index (χ1v) is 7.89. The zero-order valence-corrected chi connectivity index (χ0v) is 14.1. The van der Waals surface area contributed by atoms with E-state index in [1.54, 1.807) is 24.3 Å². The number of carbonyl (C=O) groups excluding carboxylic acids is 2. The first-order chi connectivity index (χ1) is 11.9. The molecule has 0 heterocycles. The van der Waals surface area contributed by atoms with Crippen molar-refractivity contribution in [2.24, 2.45) is 0 Å². The Labute approximate surface area is 145 Å². The molecule has 0 aromatic heterocycles. The summed E-state index contributed by atoms with van der Waals surface area (Å²) in [6.07, 6.45) is 0.0514. The molecule has 6 heteroatoms. The molecule has 0 aliphatic heterocycles. The van der Waals surface area contributed by atoms with Gasteiger partial charge in [0.15, 0.2) is 0 Å². The number of ether oxygens (including phenoxy) is 2. The summed E-state index contributed by atoms with van der Waals surface area (Å²) < 4.78 is 23.3. The van der Waals surface area contributed by atoms with Crippen LogP contribution in [0, 0.1) is 5.82 Å². The van der Waals surface area contributed by atoms with Crippen LogP contribution >= 0.6 is 0 Å². The first-order valence-electron chi connectivity index (χ1n) is 7.89. The van der Waals surface area contributed by atoms with Gasteiger partial charge in [0.2, 0.25) is 0 Å². The van der Waals surface area contributed by atoms with E-state index in [4.69, 9.17) is 9.47 Å². The largest absolute Gasteiger partial charge is 0.491 e. The highest BCUT2D eigenvalue weighted by Crippen LogP contribution is 2.13. The second-order valence-corrected chi connectivity index (χ2v) is 5.66. The number of benzene rings is 2. The van der Waals surface area contributed by atoms with Crippen LogP contribution in [0.15, 0.2) is 48.5 Å². The molecule has 0 unspecified atom stereocenters. The lowest BCUT2D eigenvalue weighted by Gasteiger charge is -2.10. The van der Waals surface area contributed by atoms with Gasteiger partial charge in [0.1, 0.15) is 24.7 Å². The molecule has 1 N–H and O–H groups in total. The molecule has 0 atom stereocenters. The Hall–Kier alpha value is -2.89. The molecule has 2 aromatic carbocycles. The molecule has 0 fully saturated rings. The predicted molar refractivity (Wildman–Crippen MR) is 90.7 cm³/mol. The highest BCUT2D eigenvalue weighted by molar-refractivity contribution is 5.96. The summed E-state index contributed by atoms with van der Waals surface area (Å²) in [5.74, 6) is -0.635. The van der Waals surface area contributed by atoms with Gasteiger partial charge < -0.3 is 14.8 Å². The molecule has 25 heavy (non-hydrogen) atoms. The van der Waals surface area contributed by atoms with Gasteiger partial charge in [-0.05, 0) is 55.8 Å². The van der Waals surface area contributed by atoms with Crippen molar-refractivity contribution in [3.8, 4) is 5.75 Å². The highest BCUT2D eigenvalue weighted by atomic mass is 19.1. The van der Waals surface area contributed by atoms with Gasteiger partial charge in [-0.3, -0.25) is 9.59 Å². The number of esters is 1. The van der Waals surface area contributed by atoms with E-state index in [1.165, 1.54) is 24.3 Å². The first kappa shape index (κ1) is 18.4. The van der Waals surface area contributed by atoms with E-state index in [0.717, 1.165) is 0 Å². The summed E-state index contributed by atoms with van der Waals surface area (Å²) >= 11 is 0. The molecule has 0 saturated carbocycles. The molecule has 5 nitrogen and oxygen atoms in total. The van der Waals surface area contributed by atoms with E-state index >= 15 is 0 Å². The summed E-state index contributed by atoms with van der Waals surface area (Å²) in [6, 6.07) is 12.3. The Balaban J connectivity index is 1.76. The summed E-state index contributed by atoms with van der Waals surface area (Å²) in [5.41, 5.74) is 1.09. The van der Waals surface area contributed by atoms with Crippen LogP contribution in [0.5, 0.6) is 5.75 Å². The zero-order valence-electron chi connectivity index (χ0n) is 14.1. The third-order valence-electron chi connectivity index (χ3n) is 3.19. The lowest BCUT2D eigenvalue weighted by atomic mass is 10.2. The maximum absolute atomic E-state index is 12.8. The van der Waals surface area contributed by atoms with Crippen LogP contribution in [0.1, 0.15) is 29.8 Å². The van der Waals surface area contributed by atoms with Crippen molar-refractivity contribution in [3.63, 3.8) is 0 Å². The molecular weight excluding hydrogens is 325 g/mol. The number of nitrogens with one attached hydrogen (secondary N) is 1. The van der Waals surface area contributed by atoms with Gasteiger partial charge in [0.25, 0.3) is 5.91 Å². The van der Waals surface area contributed by atoms with Gasteiger partial charge in [-0.2, -0.15) is 0 Å². The number of rotatable bonds is 7. The third-order valence-corrected chi connectivity index (χ3v) is 3.19.